The molecule has 0 aliphatic carbocycles. The number of halogens is 1. The summed E-state index contributed by atoms with van der Waals surface area (Å²) in [6.45, 7) is 2.00. The topological polar surface area (TPSA) is 17.3 Å². The number of fused-ring (bicyclic) bond motifs is 1. The molecule has 0 aliphatic heterocycles. The van der Waals surface area contributed by atoms with E-state index in [1.54, 1.807) is 18.3 Å². The van der Waals surface area contributed by atoms with Gasteiger partial charge in [0.25, 0.3) is 0 Å². The molecule has 0 unspecified atom stereocenters. The van der Waals surface area contributed by atoms with Crippen LogP contribution in [0, 0.1) is 12.9 Å². The minimum atomic E-state index is -0.315. The van der Waals surface area contributed by atoms with Crippen LogP contribution in [0.3, 0.4) is 0 Å². The molecule has 0 aliphatic rings. The van der Waals surface area contributed by atoms with Crippen LogP contribution in [0.4, 0.5) is 4.39 Å². The van der Waals surface area contributed by atoms with Crippen molar-refractivity contribution in [3.8, 4) is 11.3 Å². The highest BCUT2D eigenvalue weighted by atomic mass is 19.1. The van der Waals surface area contributed by atoms with Gasteiger partial charge in [-0.2, -0.15) is 4.39 Å². The Morgan fingerprint density at radius 1 is 1.06 bits per heavy atom. The van der Waals surface area contributed by atoms with Gasteiger partial charge in [0, 0.05) is 11.8 Å². The molecule has 1 aromatic carbocycles. The van der Waals surface area contributed by atoms with E-state index in [1.807, 2.05) is 37.3 Å². The van der Waals surface area contributed by atoms with Crippen molar-refractivity contribution in [1.29, 1.82) is 0 Å². The standard InChI is InChI=1S/C14H11FN2/c1-10-5-7-11(8-6-10)13-14(15)17-9-3-2-4-12(17)16-13/h2-9H,1H3. The van der Waals surface area contributed by atoms with Crippen LogP contribution in [-0.2, 0) is 0 Å². The lowest BCUT2D eigenvalue weighted by Gasteiger charge is -1.97. The molecule has 2 heterocycles. The molecule has 0 bridgehead atoms. The monoisotopic (exact) mass is 226 g/mol. The third-order valence-corrected chi connectivity index (χ3v) is 2.80. The zero-order valence-corrected chi connectivity index (χ0v) is 9.39. The second kappa shape index (κ2) is 3.70. The number of aryl methyl sites for hydroxylation is 1. The van der Waals surface area contributed by atoms with Gasteiger partial charge in [0.05, 0.1) is 0 Å². The summed E-state index contributed by atoms with van der Waals surface area (Å²) in [5.41, 5.74) is 2.98. The molecule has 0 amide bonds. The van der Waals surface area contributed by atoms with Crippen LogP contribution in [0.5, 0.6) is 0 Å². The molecule has 3 rings (SSSR count). The van der Waals surface area contributed by atoms with E-state index in [0.29, 0.717) is 11.3 Å². The Morgan fingerprint density at radius 3 is 2.53 bits per heavy atom. The number of benzene rings is 1. The quantitative estimate of drug-likeness (QED) is 0.621. The molecule has 0 atom stereocenters. The molecule has 2 nitrogen and oxygen atoms in total. The van der Waals surface area contributed by atoms with Crippen molar-refractivity contribution >= 4 is 5.65 Å². The molecule has 0 spiro atoms. The van der Waals surface area contributed by atoms with Crippen LogP contribution in [0.15, 0.2) is 48.7 Å². The van der Waals surface area contributed by atoms with Crippen LogP contribution in [0.25, 0.3) is 16.9 Å². The Labute approximate surface area is 98.4 Å². The van der Waals surface area contributed by atoms with Gasteiger partial charge < -0.3 is 0 Å². The summed E-state index contributed by atoms with van der Waals surface area (Å²) >= 11 is 0. The molecule has 0 fully saturated rings. The van der Waals surface area contributed by atoms with Crippen LogP contribution >= 0.6 is 0 Å². The summed E-state index contributed by atoms with van der Waals surface area (Å²) in [4.78, 5) is 4.30. The predicted molar refractivity (Wildman–Crippen MR) is 65.3 cm³/mol. The van der Waals surface area contributed by atoms with E-state index in [-0.39, 0.29) is 5.95 Å². The van der Waals surface area contributed by atoms with Gasteiger partial charge in [0.2, 0.25) is 5.95 Å². The first-order chi connectivity index (χ1) is 8.25. The number of aromatic nitrogens is 2. The van der Waals surface area contributed by atoms with Gasteiger partial charge in [0.15, 0.2) is 0 Å². The largest absolute Gasteiger partial charge is 0.276 e. The van der Waals surface area contributed by atoms with Crippen molar-refractivity contribution in [3.63, 3.8) is 0 Å². The second-order valence-corrected chi connectivity index (χ2v) is 4.05. The molecular formula is C14H11FN2. The molecule has 3 aromatic rings. The first-order valence-electron chi connectivity index (χ1n) is 5.45. The van der Waals surface area contributed by atoms with Gasteiger partial charge in [-0.15, -0.1) is 0 Å². The predicted octanol–water partition coefficient (Wildman–Crippen LogP) is 3.45. The van der Waals surface area contributed by atoms with E-state index in [2.05, 4.69) is 4.98 Å². The van der Waals surface area contributed by atoms with E-state index in [9.17, 15) is 4.39 Å². The maximum absolute atomic E-state index is 14.1. The lowest BCUT2D eigenvalue weighted by atomic mass is 10.1. The van der Waals surface area contributed by atoms with Crippen molar-refractivity contribution < 1.29 is 4.39 Å². The zero-order chi connectivity index (χ0) is 11.8. The molecular weight excluding hydrogens is 215 g/mol. The van der Waals surface area contributed by atoms with Crippen molar-refractivity contribution in [2.24, 2.45) is 0 Å². The van der Waals surface area contributed by atoms with Gasteiger partial charge in [-0.25, -0.2) is 4.98 Å². The minimum absolute atomic E-state index is 0.315. The zero-order valence-electron chi connectivity index (χ0n) is 9.39. The number of pyridine rings is 1. The molecule has 3 heteroatoms. The first kappa shape index (κ1) is 10.0. The molecule has 84 valence electrons. The number of nitrogens with zero attached hydrogens (tertiary/aromatic N) is 2. The highest BCUT2D eigenvalue weighted by Gasteiger charge is 2.12. The average Bonchev–Trinajstić information content (AvgIpc) is 2.69. The lowest BCUT2D eigenvalue weighted by Crippen LogP contribution is -1.87. The number of hydrogen-bond acceptors (Lipinski definition) is 1. The fourth-order valence-corrected chi connectivity index (χ4v) is 1.86. The second-order valence-electron chi connectivity index (χ2n) is 4.05. The smallest absolute Gasteiger partial charge is 0.225 e. The van der Waals surface area contributed by atoms with E-state index in [4.69, 9.17) is 0 Å². The SMILES string of the molecule is Cc1ccc(-c2nc3ccccn3c2F)cc1. The summed E-state index contributed by atoms with van der Waals surface area (Å²) in [5.74, 6) is -0.315. The van der Waals surface area contributed by atoms with Crippen LogP contribution < -0.4 is 0 Å². The Kier molecular flexibility index (Phi) is 2.18. The third-order valence-electron chi connectivity index (χ3n) is 2.80. The molecule has 0 N–H and O–H groups in total. The molecule has 0 saturated heterocycles. The molecule has 17 heavy (non-hydrogen) atoms. The summed E-state index contributed by atoms with van der Waals surface area (Å²) in [7, 11) is 0. The molecule has 0 radical (unpaired) electrons. The summed E-state index contributed by atoms with van der Waals surface area (Å²) < 4.78 is 15.6. The van der Waals surface area contributed by atoms with Crippen molar-refractivity contribution in [2.45, 2.75) is 6.92 Å². The van der Waals surface area contributed by atoms with Crippen LogP contribution in [0.2, 0.25) is 0 Å². The minimum Gasteiger partial charge on any atom is -0.276 e. The summed E-state index contributed by atoms with van der Waals surface area (Å²) in [6.07, 6.45) is 1.68. The van der Waals surface area contributed by atoms with E-state index in [1.165, 1.54) is 4.40 Å². The molecule has 0 saturated carbocycles. The van der Waals surface area contributed by atoms with E-state index in [0.717, 1.165) is 11.1 Å². The summed E-state index contributed by atoms with van der Waals surface area (Å²) in [6, 6.07) is 13.1. The Balaban J connectivity index is 2.24. The van der Waals surface area contributed by atoms with Crippen LogP contribution in [0.1, 0.15) is 5.56 Å². The first-order valence-corrected chi connectivity index (χ1v) is 5.45. The van der Waals surface area contributed by atoms with Gasteiger partial charge in [-0.3, -0.25) is 4.40 Å². The fraction of sp³-hybridized carbons (Fsp3) is 0.0714. The number of imidazole rings is 1. The number of hydrogen-bond donors (Lipinski definition) is 0. The van der Waals surface area contributed by atoms with Gasteiger partial charge >= 0.3 is 0 Å². The highest BCUT2D eigenvalue weighted by molar-refractivity contribution is 5.63. The lowest BCUT2D eigenvalue weighted by molar-refractivity contribution is 0.576. The fourth-order valence-electron chi connectivity index (χ4n) is 1.86. The third kappa shape index (κ3) is 1.60. The van der Waals surface area contributed by atoms with Gasteiger partial charge in [-0.05, 0) is 19.1 Å². The van der Waals surface area contributed by atoms with Gasteiger partial charge in [-0.1, -0.05) is 35.9 Å². The maximum atomic E-state index is 14.1. The van der Waals surface area contributed by atoms with Crippen molar-refractivity contribution in [1.82, 2.24) is 9.38 Å². The van der Waals surface area contributed by atoms with E-state index >= 15 is 0 Å². The Bertz CT molecular complexity index is 668. The average molecular weight is 226 g/mol. The molecule has 2 aromatic heterocycles. The normalized spacial score (nSPS) is 10.9. The number of rotatable bonds is 1. The van der Waals surface area contributed by atoms with Gasteiger partial charge in [0.1, 0.15) is 11.3 Å². The Hall–Kier alpha value is -2.16. The van der Waals surface area contributed by atoms with Crippen LogP contribution in [-0.4, -0.2) is 9.38 Å². The van der Waals surface area contributed by atoms with E-state index < -0.39 is 0 Å². The summed E-state index contributed by atoms with van der Waals surface area (Å²) in [5, 5.41) is 0. The highest BCUT2D eigenvalue weighted by Crippen LogP contribution is 2.23. The maximum Gasteiger partial charge on any atom is 0.225 e. The Morgan fingerprint density at radius 2 is 1.82 bits per heavy atom. The van der Waals surface area contributed by atoms with Crippen molar-refractivity contribution in [2.75, 3.05) is 0 Å². The van der Waals surface area contributed by atoms with Crippen molar-refractivity contribution in [3.05, 3.63) is 60.2 Å².